The predicted octanol–water partition coefficient (Wildman–Crippen LogP) is 5.15. The first kappa shape index (κ1) is 23.3. The van der Waals surface area contributed by atoms with Crippen molar-refractivity contribution in [2.45, 2.75) is 18.1 Å². The molecule has 33 heavy (non-hydrogen) atoms. The zero-order valence-electron chi connectivity index (χ0n) is 17.6. The third-order valence-electron chi connectivity index (χ3n) is 4.90. The Morgan fingerprint density at radius 3 is 2.55 bits per heavy atom. The molecule has 1 amide bonds. The number of halogens is 2. The highest BCUT2D eigenvalue weighted by molar-refractivity contribution is 7.99. The van der Waals surface area contributed by atoms with E-state index in [0.29, 0.717) is 34.7 Å². The molecule has 0 radical (unpaired) electrons. The van der Waals surface area contributed by atoms with Crippen LogP contribution in [0, 0.1) is 0 Å². The lowest BCUT2D eigenvalue weighted by atomic mass is 10.1. The van der Waals surface area contributed by atoms with Gasteiger partial charge in [0.15, 0.2) is 11.0 Å². The Labute approximate surface area is 206 Å². The van der Waals surface area contributed by atoms with Crippen molar-refractivity contribution in [2.24, 2.45) is 0 Å². The van der Waals surface area contributed by atoms with Gasteiger partial charge < -0.3 is 5.32 Å². The van der Waals surface area contributed by atoms with Gasteiger partial charge in [-0.2, -0.15) is 0 Å². The molecule has 0 saturated carbocycles. The Morgan fingerprint density at radius 1 is 1.00 bits per heavy atom. The quantitative estimate of drug-likeness (QED) is 0.324. The number of carbonyl (C=O) groups is 1. The van der Waals surface area contributed by atoms with E-state index >= 15 is 0 Å². The van der Waals surface area contributed by atoms with E-state index in [0.717, 1.165) is 22.5 Å². The fourth-order valence-corrected chi connectivity index (χ4v) is 4.53. The number of carbonyl (C=O) groups excluding carboxylic acids is 1. The SMILES string of the molecule is O=C(CSc1nnc(-c2ccncc2)n1Cc1ccccc1)NCCc1ccc(Cl)cc1Cl. The van der Waals surface area contributed by atoms with E-state index in [9.17, 15) is 4.79 Å². The molecule has 0 aliphatic rings. The first-order valence-corrected chi connectivity index (χ1v) is 12.1. The Morgan fingerprint density at radius 2 is 1.79 bits per heavy atom. The van der Waals surface area contributed by atoms with Crippen molar-refractivity contribution in [2.75, 3.05) is 12.3 Å². The molecule has 0 saturated heterocycles. The summed E-state index contributed by atoms with van der Waals surface area (Å²) in [6.45, 7) is 1.09. The first-order valence-electron chi connectivity index (χ1n) is 10.3. The summed E-state index contributed by atoms with van der Waals surface area (Å²) in [5.41, 5.74) is 2.99. The molecule has 0 aliphatic heterocycles. The molecule has 9 heteroatoms. The van der Waals surface area contributed by atoms with Crippen LogP contribution >= 0.6 is 35.0 Å². The summed E-state index contributed by atoms with van der Waals surface area (Å²) in [6, 6.07) is 19.3. The molecule has 0 unspecified atom stereocenters. The Kier molecular flexibility index (Phi) is 7.99. The van der Waals surface area contributed by atoms with Crippen molar-refractivity contribution in [3.05, 3.63) is 94.2 Å². The number of amides is 1. The molecule has 2 heterocycles. The van der Waals surface area contributed by atoms with Crippen molar-refractivity contribution < 1.29 is 4.79 Å². The maximum atomic E-state index is 12.4. The molecule has 4 aromatic rings. The second-order valence-electron chi connectivity index (χ2n) is 7.24. The van der Waals surface area contributed by atoms with E-state index in [4.69, 9.17) is 23.2 Å². The van der Waals surface area contributed by atoms with Gasteiger partial charge >= 0.3 is 0 Å². The smallest absolute Gasteiger partial charge is 0.230 e. The Balaban J connectivity index is 1.40. The van der Waals surface area contributed by atoms with Crippen molar-refractivity contribution in [3.8, 4) is 11.4 Å². The molecular weight excluding hydrogens is 477 g/mol. The molecule has 2 aromatic carbocycles. The van der Waals surface area contributed by atoms with Crippen LogP contribution in [0.25, 0.3) is 11.4 Å². The highest BCUT2D eigenvalue weighted by Gasteiger charge is 2.16. The Hall–Kier alpha value is -2.87. The number of hydrogen-bond acceptors (Lipinski definition) is 5. The first-order chi connectivity index (χ1) is 16.1. The summed E-state index contributed by atoms with van der Waals surface area (Å²) in [6.07, 6.45) is 4.08. The summed E-state index contributed by atoms with van der Waals surface area (Å²) >= 11 is 13.5. The summed E-state index contributed by atoms with van der Waals surface area (Å²) in [5.74, 6) is 0.892. The minimum absolute atomic E-state index is 0.0789. The number of nitrogens with one attached hydrogen (secondary N) is 1. The molecule has 4 rings (SSSR count). The van der Waals surface area contributed by atoms with Crippen LogP contribution in [-0.2, 0) is 17.8 Å². The second-order valence-corrected chi connectivity index (χ2v) is 9.02. The van der Waals surface area contributed by atoms with Gasteiger partial charge in [0.05, 0.1) is 12.3 Å². The third kappa shape index (κ3) is 6.35. The fourth-order valence-electron chi connectivity index (χ4n) is 3.26. The number of benzene rings is 2. The topological polar surface area (TPSA) is 72.7 Å². The van der Waals surface area contributed by atoms with E-state index in [-0.39, 0.29) is 11.7 Å². The van der Waals surface area contributed by atoms with E-state index < -0.39 is 0 Å². The normalized spacial score (nSPS) is 10.8. The van der Waals surface area contributed by atoms with Gasteiger partial charge in [-0.05, 0) is 41.8 Å². The van der Waals surface area contributed by atoms with Crippen molar-refractivity contribution >= 4 is 40.9 Å². The third-order valence-corrected chi connectivity index (χ3v) is 6.46. The summed E-state index contributed by atoms with van der Waals surface area (Å²) < 4.78 is 2.02. The van der Waals surface area contributed by atoms with Crippen molar-refractivity contribution in [1.29, 1.82) is 0 Å². The molecule has 0 spiro atoms. The summed E-state index contributed by atoms with van der Waals surface area (Å²) in [7, 11) is 0. The average molecular weight is 498 g/mol. The number of thioether (sulfide) groups is 1. The van der Waals surface area contributed by atoms with E-state index in [1.807, 2.05) is 41.0 Å². The highest BCUT2D eigenvalue weighted by Crippen LogP contribution is 2.25. The number of hydrogen-bond donors (Lipinski definition) is 1. The fraction of sp³-hybridized carbons (Fsp3) is 0.167. The maximum absolute atomic E-state index is 12.4. The number of rotatable bonds is 9. The van der Waals surface area contributed by atoms with Gasteiger partial charge in [0.2, 0.25) is 5.91 Å². The van der Waals surface area contributed by atoms with E-state index in [1.165, 1.54) is 11.8 Å². The van der Waals surface area contributed by atoms with Crippen molar-refractivity contribution in [3.63, 3.8) is 0 Å². The minimum atomic E-state index is -0.0789. The standard InChI is InChI=1S/C24H21Cl2N5OS/c25-20-7-6-18(21(26)14-20)10-13-28-22(32)16-33-24-30-29-23(19-8-11-27-12-9-19)31(24)15-17-4-2-1-3-5-17/h1-9,11-12,14H,10,13,15-16H2,(H,28,32). The zero-order valence-corrected chi connectivity index (χ0v) is 19.9. The maximum Gasteiger partial charge on any atom is 0.230 e. The second kappa shape index (κ2) is 11.3. The monoisotopic (exact) mass is 497 g/mol. The van der Waals surface area contributed by atoms with Gasteiger partial charge in [0.1, 0.15) is 0 Å². The molecule has 2 aromatic heterocycles. The van der Waals surface area contributed by atoms with E-state index in [2.05, 4.69) is 32.6 Å². The van der Waals surface area contributed by atoms with Crippen LogP contribution in [0.5, 0.6) is 0 Å². The van der Waals surface area contributed by atoms with Crippen LogP contribution in [0.15, 0.2) is 78.2 Å². The van der Waals surface area contributed by atoms with Crippen LogP contribution in [0.4, 0.5) is 0 Å². The molecule has 0 bridgehead atoms. The van der Waals surface area contributed by atoms with Crippen LogP contribution in [0.3, 0.4) is 0 Å². The van der Waals surface area contributed by atoms with Gasteiger partial charge in [0.25, 0.3) is 0 Å². The van der Waals surface area contributed by atoms with Crippen LogP contribution in [0.2, 0.25) is 10.0 Å². The largest absolute Gasteiger partial charge is 0.355 e. The predicted molar refractivity (Wildman–Crippen MR) is 133 cm³/mol. The van der Waals surface area contributed by atoms with Gasteiger partial charge in [-0.25, -0.2) is 0 Å². The Bertz CT molecular complexity index is 1220. The van der Waals surface area contributed by atoms with Crippen molar-refractivity contribution in [1.82, 2.24) is 25.1 Å². The summed E-state index contributed by atoms with van der Waals surface area (Å²) in [5, 5.41) is 13.5. The van der Waals surface area contributed by atoms with Gasteiger partial charge in [-0.3, -0.25) is 14.3 Å². The number of pyridine rings is 1. The van der Waals surface area contributed by atoms with Crippen LogP contribution in [-0.4, -0.2) is 38.0 Å². The lowest BCUT2D eigenvalue weighted by molar-refractivity contribution is -0.118. The summed E-state index contributed by atoms with van der Waals surface area (Å²) in [4.78, 5) is 16.5. The van der Waals surface area contributed by atoms with Crippen LogP contribution < -0.4 is 5.32 Å². The lowest BCUT2D eigenvalue weighted by Gasteiger charge is -2.11. The highest BCUT2D eigenvalue weighted by atomic mass is 35.5. The zero-order chi connectivity index (χ0) is 23.0. The van der Waals surface area contributed by atoms with Gasteiger partial charge in [-0.15, -0.1) is 10.2 Å². The molecule has 6 nitrogen and oxygen atoms in total. The lowest BCUT2D eigenvalue weighted by Crippen LogP contribution is -2.27. The van der Waals surface area contributed by atoms with Gasteiger partial charge in [-0.1, -0.05) is 71.4 Å². The molecular formula is C24H21Cl2N5OS. The van der Waals surface area contributed by atoms with Gasteiger partial charge in [0, 0.05) is 34.5 Å². The average Bonchev–Trinajstić information content (AvgIpc) is 3.22. The molecule has 1 N–H and O–H groups in total. The van der Waals surface area contributed by atoms with Crippen LogP contribution in [0.1, 0.15) is 11.1 Å². The molecule has 0 fully saturated rings. The molecule has 0 aliphatic carbocycles. The molecule has 0 atom stereocenters. The van der Waals surface area contributed by atoms with E-state index in [1.54, 1.807) is 24.5 Å². The number of nitrogens with zero attached hydrogens (tertiary/aromatic N) is 4. The number of aromatic nitrogens is 4. The molecule has 168 valence electrons. The minimum Gasteiger partial charge on any atom is -0.355 e.